The third-order valence-corrected chi connectivity index (χ3v) is 2.72. The molecule has 4 heteroatoms. The molecule has 0 unspecified atom stereocenters. The van der Waals surface area contributed by atoms with Crippen LogP contribution in [-0.2, 0) is 6.61 Å². The number of benzene rings is 2. The summed E-state index contributed by atoms with van der Waals surface area (Å²) in [5.74, 6) is -0.709. The molecule has 0 heterocycles. The summed E-state index contributed by atoms with van der Waals surface area (Å²) in [4.78, 5) is 0. The molecule has 1 nitrogen and oxygen atoms in total. The summed E-state index contributed by atoms with van der Waals surface area (Å²) < 4.78 is 32.6. The second-order valence-electron chi connectivity index (χ2n) is 3.45. The molecule has 0 saturated carbocycles. The van der Waals surface area contributed by atoms with E-state index in [1.54, 1.807) is 24.3 Å². The fourth-order valence-electron chi connectivity index (χ4n) is 1.37. The minimum Gasteiger partial charge on any atom is -0.486 e. The second-order valence-corrected chi connectivity index (χ2v) is 4.37. The molecule has 0 aliphatic rings. The zero-order chi connectivity index (χ0) is 12.3. The number of hydrogen-bond acceptors (Lipinski definition) is 1. The Hall–Kier alpha value is -1.42. The van der Waals surface area contributed by atoms with Crippen molar-refractivity contribution in [3.8, 4) is 5.75 Å². The van der Waals surface area contributed by atoms with Gasteiger partial charge in [-0.05, 0) is 30.3 Å². The predicted octanol–water partition coefficient (Wildman–Crippen LogP) is 4.31. The molecule has 88 valence electrons. The van der Waals surface area contributed by atoms with Crippen molar-refractivity contribution < 1.29 is 13.5 Å². The fraction of sp³-hybridized carbons (Fsp3) is 0.0769. The molecule has 0 radical (unpaired) electrons. The lowest BCUT2D eigenvalue weighted by Crippen LogP contribution is -1.99. The number of para-hydroxylation sites is 1. The van der Waals surface area contributed by atoms with Crippen molar-refractivity contribution in [3.05, 3.63) is 64.1 Å². The van der Waals surface area contributed by atoms with Gasteiger partial charge in [-0.25, -0.2) is 8.78 Å². The molecule has 0 atom stereocenters. The Kier molecular flexibility index (Phi) is 3.74. The first-order valence-corrected chi connectivity index (χ1v) is 5.77. The molecule has 0 fully saturated rings. The number of rotatable bonds is 3. The van der Waals surface area contributed by atoms with Gasteiger partial charge >= 0.3 is 0 Å². The van der Waals surface area contributed by atoms with Crippen LogP contribution in [0.25, 0.3) is 0 Å². The molecule has 0 aromatic heterocycles. The number of ether oxygens (including phenoxy) is 1. The van der Waals surface area contributed by atoms with Gasteiger partial charge in [0.15, 0.2) is 11.6 Å². The Morgan fingerprint density at radius 2 is 1.76 bits per heavy atom. The highest BCUT2D eigenvalue weighted by atomic mass is 79.9. The second kappa shape index (κ2) is 5.27. The average molecular weight is 299 g/mol. The molecule has 0 N–H and O–H groups in total. The Bertz CT molecular complexity index is 529. The normalized spacial score (nSPS) is 10.3. The first-order valence-electron chi connectivity index (χ1n) is 4.98. The van der Waals surface area contributed by atoms with E-state index in [1.165, 1.54) is 18.2 Å². The third-order valence-electron chi connectivity index (χ3n) is 2.23. The Morgan fingerprint density at radius 3 is 2.53 bits per heavy atom. The van der Waals surface area contributed by atoms with Crippen LogP contribution < -0.4 is 4.74 Å². The Balaban J connectivity index is 2.12. The first kappa shape index (κ1) is 12.0. The van der Waals surface area contributed by atoms with Crippen LogP contribution in [0, 0.1) is 11.6 Å². The van der Waals surface area contributed by atoms with Gasteiger partial charge in [-0.15, -0.1) is 0 Å². The largest absolute Gasteiger partial charge is 0.486 e. The monoisotopic (exact) mass is 298 g/mol. The lowest BCUT2D eigenvalue weighted by atomic mass is 10.2. The summed E-state index contributed by atoms with van der Waals surface area (Å²) in [5, 5.41) is 0. The van der Waals surface area contributed by atoms with E-state index in [0.29, 0.717) is 5.56 Å². The topological polar surface area (TPSA) is 9.23 Å². The molecule has 0 aliphatic carbocycles. The maximum atomic E-state index is 13.4. The van der Waals surface area contributed by atoms with Crippen LogP contribution in [-0.4, -0.2) is 0 Å². The molecular formula is C13H9BrF2O. The maximum absolute atomic E-state index is 13.4. The highest BCUT2D eigenvalue weighted by molar-refractivity contribution is 9.10. The molecule has 17 heavy (non-hydrogen) atoms. The highest BCUT2D eigenvalue weighted by Crippen LogP contribution is 2.20. The van der Waals surface area contributed by atoms with Crippen molar-refractivity contribution in [1.82, 2.24) is 0 Å². The summed E-state index contributed by atoms with van der Waals surface area (Å²) >= 11 is 3.24. The van der Waals surface area contributed by atoms with Crippen LogP contribution >= 0.6 is 15.9 Å². The molecular weight excluding hydrogens is 290 g/mol. The van der Waals surface area contributed by atoms with E-state index in [2.05, 4.69) is 15.9 Å². The average Bonchev–Trinajstić information content (AvgIpc) is 2.32. The van der Waals surface area contributed by atoms with E-state index in [0.717, 1.165) is 4.47 Å². The molecule has 2 aromatic rings. The maximum Gasteiger partial charge on any atom is 0.165 e. The van der Waals surface area contributed by atoms with Crippen molar-refractivity contribution in [2.45, 2.75) is 6.61 Å². The minimum atomic E-state index is -0.456. The summed E-state index contributed by atoms with van der Waals surface area (Å²) in [6, 6.07) is 10.6. The first-order chi connectivity index (χ1) is 8.16. The van der Waals surface area contributed by atoms with Gasteiger partial charge in [-0.2, -0.15) is 0 Å². The van der Waals surface area contributed by atoms with E-state index in [4.69, 9.17) is 4.74 Å². The third kappa shape index (κ3) is 3.03. The zero-order valence-electron chi connectivity index (χ0n) is 8.79. The smallest absolute Gasteiger partial charge is 0.165 e. The van der Waals surface area contributed by atoms with E-state index in [1.807, 2.05) is 0 Å². The molecule has 2 aromatic carbocycles. The highest BCUT2D eigenvalue weighted by Gasteiger charge is 2.06. The quantitative estimate of drug-likeness (QED) is 0.820. The van der Waals surface area contributed by atoms with Crippen LogP contribution in [0.2, 0.25) is 0 Å². The Labute approximate surface area is 106 Å². The molecule has 0 aliphatic heterocycles. The molecule has 0 amide bonds. The predicted molar refractivity (Wildman–Crippen MR) is 64.8 cm³/mol. The van der Waals surface area contributed by atoms with E-state index in [-0.39, 0.29) is 18.2 Å². The van der Waals surface area contributed by atoms with E-state index >= 15 is 0 Å². The van der Waals surface area contributed by atoms with Crippen LogP contribution in [0.4, 0.5) is 8.78 Å². The molecule has 2 rings (SSSR count). The van der Waals surface area contributed by atoms with Gasteiger partial charge in [-0.3, -0.25) is 0 Å². The lowest BCUT2D eigenvalue weighted by molar-refractivity contribution is 0.284. The van der Waals surface area contributed by atoms with Gasteiger partial charge in [0, 0.05) is 10.0 Å². The number of halogens is 3. The van der Waals surface area contributed by atoms with Crippen molar-refractivity contribution in [2.75, 3.05) is 0 Å². The molecule has 0 saturated heterocycles. The van der Waals surface area contributed by atoms with Crippen molar-refractivity contribution >= 4 is 15.9 Å². The van der Waals surface area contributed by atoms with Gasteiger partial charge in [0.1, 0.15) is 12.4 Å². The van der Waals surface area contributed by atoms with Crippen molar-refractivity contribution in [1.29, 1.82) is 0 Å². The van der Waals surface area contributed by atoms with Crippen LogP contribution in [0.3, 0.4) is 0 Å². The van der Waals surface area contributed by atoms with E-state index in [9.17, 15) is 8.78 Å². The van der Waals surface area contributed by atoms with Gasteiger partial charge < -0.3 is 4.74 Å². The van der Waals surface area contributed by atoms with Gasteiger partial charge in [0.25, 0.3) is 0 Å². The van der Waals surface area contributed by atoms with Crippen molar-refractivity contribution in [3.63, 3.8) is 0 Å². The van der Waals surface area contributed by atoms with Gasteiger partial charge in [0.2, 0.25) is 0 Å². The standard InChI is InChI=1S/C13H9BrF2O/c14-10-5-6-11(15)9(7-10)8-17-13-4-2-1-3-12(13)16/h1-7H,8H2. The zero-order valence-corrected chi connectivity index (χ0v) is 10.4. The summed E-state index contributed by atoms with van der Waals surface area (Å²) in [6.07, 6.45) is 0. The summed E-state index contributed by atoms with van der Waals surface area (Å²) in [6.45, 7) is -0.00773. The van der Waals surface area contributed by atoms with Crippen LogP contribution in [0.15, 0.2) is 46.9 Å². The SMILES string of the molecule is Fc1ccc(Br)cc1COc1ccccc1F. The summed E-state index contributed by atoms with van der Waals surface area (Å²) in [5.41, 5.74) is 0.377. The van der Waals surface area contributed by atoms with E-state index < -0.39 is 5.82 Å². The van der Waals surface area contributed by atoms with Crippen LogP contribution in [0.1, 0.15) is 5.56 Å². The number of hydrogen-bond donors (Lipinski definition) is 0. The van der Waals surface area contributed by atoms with Crippen molar-refractivity contribution in [2.24, 2.45) is 0 Å². The molecule has 0 spiro atoms. The minimum absolute atomic E-state index is 0.00773. The molecule has 0 bridgehead atoms. The van der Waals surface area contributed by atoms with Gasteiger partial charge in [-0.1, -0.05) is 28.1 Å². The Morgan fingerprint density at radius 1 is 1.00 bits per heavy atom. The van der Waals surface area contributed by atoms with Crippen LogP contribution in [0.5, 0.6) is 5.75 Å². The summed E-state index contributed by atoms with van der Waals surface area (Å²) in [7, 11) is 0. The van der Waals surface area contributed by atoms with Gasteiger partial charge in [0.05, 0.1) is 0 Å². The fourth-order valence-corrected chi connectivity index (χ4v) is 1.78. The lowest BCUT2D eigenvalue weighted by Gasteiger charge is -2.08.